The van der Waals surface area contributed by atoms with Crippen molar-refractivity contribution >= 4 is 5.91 Å². The Morgan fingerprint density at radius 3 is 2.80 bits per heavy atom. The molecule has 6 heteroatoms. The normalized spacial score (nSPS) is 25.9. The minimum absolute atomic E-state index is 0.0679. The van der Waals surface area contributed by atoms with Gasteiger partial charge in [-0.1, -0.05) is 0 Å². The van der Waals surface area contributed by atoms with E-state index in [1.54, 1.807) is 18.5 Å². The average Bonchev–Trinajstić information content (AvgIpc) is 3.49. The fraction of sp³-hybridized carbons (Fsp3) is 0.737. The summed E-state index contributed by atoms with van der Waals surface area (Å²) in [5, 5.41) is 7.57. The molecule has 0 N–H and O–H groups in total. The molecule has 1 atom stereocenters. The molecule has 3 aliphatic rings. The van der Waals surface area contributed by atoms with Gasteiger partial charge in [-0.3, -0.25) is 4.79 Å². The molecule has 1 aliphatic carbocycles. The van der Waals surface area contributed by atoms with Crippen LogP contribution >= 0.6 is 0 Å². The zero-order valence-electron chi connectivity index (χ0n) is 14.7. The number of nitrogens with zero attached hydrogens (tertiary/aromatic N) is 3. The van der Waals surface area contributed by atoms with Gasteiger partial charge in [0.25, 0.3) is 5.91 Å². The summed E-state index contributed by atoms with van der Waals surface area (Å²) in [4.78, 5) is 14.6. The van der Waals surface area contributed by atoms with Gasteiger partial charge in [0.15, 0.2) is 0 Å². The molecule has 2 aliphatic heterocycles. The van der Waals surface area contributed by atoms with Gasteiger partial charge in [-0.15, -0.1) is 0 Å². The number of ether oxygens (including phenoxy) is 2. The van der Waals surface area contributed by atoms with Crippen LogP contribution in [0.25, 0.3) is 0 Å². The Bertz CT molecular complexity index is 583. The molecule has 3 heterocycles. The highest BCUT2D eigenvalue weighted by Gasteiger charge is 2.44. The predicted octanol–water partition coefficient (Wildman–Crippen LogP) is 2.16. The molecular formula is C19H27N3O3. The number of carbonyl (C=O) groups is 1. The fourth-order valence-corrected chi connectivity index (χ4v) is 4.18. The first-order valence-electron chi connectivity index (χ1n) is 9.48. The van der Waals surface area contributed by atoms with Crippen LogP contribution in [0.4, 0.5) is 0 Å². The maximum absolute atomic E-state index is 12.6. The lowest BCUT2D eigenvalue weighted by Gasteiger charge is -2.49. The maximum Gasteiger partial charge on any atom is 0.255 e. The Morgan fingerprint density at radius 2 is 2.08 bits per heavy atom. The minimum Gasteiger partial charge on any atom is -0.381 e. The van der Waals surface area contributed by atoms with Crippen LogP contribution in [-0.2, 0) is 9.47 Å². The molecule has 25 heavy (non-hydrogen) atoms. The minimum atomic E-state index is 0.0679. The summed E-state index contributed by atoms with van der Waals surface area (Å²) >= 11 is 0. The molecule has 0 unspecified atom stereocenters. The maximum atomic E-state index is 12.6. The van der Waals surface area contributed by atoms with E-state index in [0.717, 1.165) is 64.7 Å². The summed E-state index contributed by atoms with van der Waals surface area (Å²) in [7, 11) is 0. The summed E-state index contributed by atoms with van der Waals surface area (Å²) in [5.74, 6) is 1.33. The van der Waals surface area contributed by atoms with Crippen LogP contribution in [0.1, 0.15) is 42.5 Å². The second-order valence-corrected chi connectivity index (χ2v) is 7.79. The first kappa shape index (κ1) is 16.9. The van der Waals surface area contributed by atoms with E-state index in [9.17, 15) is 4.79 Å². The molecular weight excluding hydrogens is 318 g/mol. The Hall–Kier alpha value is -1.53. The lowest BCUT2D eigenvalue weighted by atomic mass is 9.66. The molecule has 1 saturated carbocycles. The van der Waals surface area contributed by atoms with E-state index in [0.29, 0.717) is 11.5 Å². The monoisotopic (exact) mass is 345 g/mol. The third kappa shape index (κ3) is 3.85. The summed E-state index contributed by atoms with van der Waals surface area (Å²) in [6.45, 7) is 4.96. The second kappa shape index (κ2) is 7.38. The van der Waals surface area contributed by atoms with E-state index in [4.69, 9.17) is 9.47 Å². The van der Waals surface area contributed by atoms with Gasteiger partial charge in [0.2, 0.25) is 0 Å². The van der Waals surface area contributed by atoms with E-state index in [1.165, 1.54) is 12.8 Å². The van der Waals surface area contributed by atoms with E-state index in [-0.39, 0.29) is 11.3 Å². The third-order valence-corrected chi connectivity index (χ3v) is 6.18. The van der Waals surface area contributed by atoms with E-state index < -0.39 is 0 Å². The lowest BCUT2D eigenvalue weighted by Crippen LogP contribution is -2.50. The summed E-state index contributed by atoms with van der Waals surface area (Å²) in [6, 6.07) is 1.74. The number of aromatic nitrogens is 2. The summed E-state index contributed by atoms with van der Waals surface area (Å²) in [5.41, 5.74) is 0.900. The number of hydrogen-bond acceptors (Lipinski definition) is 5. The van der Waals surface area contributed by atoms with Crippen molar-refractivity contribution in [1.82, 2.24) is 15.1 Å². The molecule has 136 valence electrons. The Morgan fingerprint density at radius 1 is 1.24 bits per heavy atom. The molecule has 6 nitrogen and oxygen atoms in total. The molecule has 1 aromatic heterocycles. The van der Waals surface area contributed by atoms with Gasteiger partial charge in [0.05, 0.1) is 31.2 Å². The molecule has 1 amide bonds. The highest BCUT2D eigenvalue weighted by Crippen LogP contribution is 2.45. The third-order valence-electron chi connectivity index (χ3n) is 6.18. The van der Waals surface area contributed by atoms with Gasteiger partial charge in [-0.2, -0.15) is 10.2 Å². The molecule has 2 saturated heterocycles. The Balaban J connectivity index is 1.35. The molecule has 1 aromatic rings. The Labute approximate surface area is 148 Å². The van der Waals surface area contributed by atoms with E-state index >= 15 is 0 Å². The van der Waals surface area contributed by atoms with Crippen molar-refractivity contribution in [3.05, 3.63) is 24.0 Å². The van der Waals surface area contributed by atoms with Gasteiger partial charge < -0.3 is 14.4 Å². The highest BCUT2D eigenvalue weighted by molar-refractivity contribution is 5.93. The fourth-order valence-electron chi connectivity index (χ4n) is 4.18. The molecule has 0 bridgehead atoms. The van der Waals surface area contributed by atoms with Crippen LogP contribution in [0.5, 0.6) is 0 Å². The first-order valence-corrected chi connectivity index (χ1v) is 9.48. The Kier molecular flexibility index (Phi) is 4.99. The van der Waals surface area contributed by atoms with Crippen molar-refractivity contribution in [3.8, 4) is 0 Å². The molecule has 3 fully saturated rings. The number of rotatable bonds is 5. The van der Waals surface area contributed by atoms with E-state index in [1.807, 2.05) is 4.90 Å². The van der Waals surface area contributed by atoms with Gasteiger partial charge in [-0.25, -0.2) is 0 Å². The summed E-state index contributed by atoms with van der Waals surface area (Å²) in [6.07, 6.45) is 8.94. The number of hydrogen-bond donors (Lipinski definition) is 0. The van der Waals surface area contributed by atoms with Crippen molar-refractivity contribution in [3.63, 3.8) is 0 Å². The zero-order chi connectivity index (χ0) is 17.1. The number of piperidine rings is 1. The highest BCUT2D eigenvalue weighted by atomic mass is 16.5. The van der Waals surface area contributed by atoms with Crippen molar-refractivity contribution in [2.24, 2.45) is 17.3 Å². The van der Waals surface area contributed by atoms with Crippen LogP contribution in [0.2, 0.25) is 0 Å². The largest absolute Gasteiger partial charge is 0.381 e. The number of likely N-dealkylation sites (tertiary alicyclic amines) is 1. The topological polar surface area (TPSA) is 64.6 Å². The standard InChI is InChI=1S/C19H27N3O3/c23-18(16-3-7-20-21-11-16)22-8-4-19(5-9-22)6-10-24-13-17(19)14-25-12-15-1-2-15/h3,7,11,15,17H,1-2,4-6,8-10,12-14H2/t17-/m1/s1. The van der Waals surface area contributed by atoms with Gasteiger partial charge in [-0.05, 0) is 49.5 Å². The smallest absolute Gasteiger partial charge is 0.255 e. The number of amides is 1. The molecule has 1 spiro atoms. The van der Waals surface area contributed by atoms with E-state index in [2.05, 4.69) is 10.2 Å². The lowest BCUT2D eigenvalue weighted by molar-refractivity contribution is -0.0975. The van der Waals surface area contributed by atoms with Gasteiger partial charge >= 0.3 is 0 Å². The number of carbonyl (C=O) groups excluding carboxylic acids is 1. The SMILES string of the molecule is O=C(c1ccnnc1)N1CCC2(CCOC[C@@H]2COCC2CC2)CC1. The van der Waals surface area contributed by atoms with Crippen LogP contribution < -0.4 is 0 Å². The van der Waals surface area contributed by atoms with Gasteiger partial charge in [0.1, 0.15) is 0 Å². The first-order chi connectivity index (χ1) is 12.3. The average molecular weight is 345 g/mol. The second-order valence-electron chi connectivity index (χ2n) is 7.79. The van der Waals surface area contributed by atoms with Crippen LogP contribution in [-0.4, -0.2) is 60.5 Å². The zero-order valence-corrected chi connectivity index (χ0v) is 14.7. The van der Waals surface area contributed by atoms with Crippen LogP contribution in [0.15, 0.2) is 18.5 Å². The van der Waals surface area contributed by atoms with Crippen LogP contribution in [0, 0.1) is 17.3 Å². The molecule has 4 rings (SSSR count). The molecule has 0 aromatic carbocycles. The van der Waals surface area contributed by atoms with Gasteiger partial charge in [0, 0.05) is 32.2 Å². The van der Waals surface area contributed by atoms with Crippen molar-refractivity contribution in [2.45, 2.75) is 32.1 Å². The van der Waals surface area contributed by atoms with Crippen molar-refractivity contribution < 1.29 is 14.3 Å². The van der Waals surface area contributed by atoms with Crippen molar-refractivity contribution in [1.29, 1.82) is 0 Å². The quantitative estimate of drug-likeness (QED) is 0.818. The van der Waals surface area contributed by atoms with Crippen molar-refractivity contribution in [2.75, 3.05) is 39.5 Å². The summed E-state index contributed by atoms with van der Waals surface area (Å²) < 4.78 is 11.7. The predicted molar refractivity (Wildman–Crippen MR) is 92.1 cm³/mol. The molecule has 0 radical (unpaired) electrons. The van der Waals surface area contributed by atoms with Crippen LogP contribution in [0.3, 0.4) is 0 Å².